The molecular weight excluding hydrogens is 360 g/mol. The minimum Gasteiger partial charge on any atom is -0.396 e. The summed E-state index contributed by atoms with van der Waals surface area (Å²) in [5, 5.41) is 9.70. The number of carbonyl (C=O) groups is 1. The van der Waals surface area contributed by atoms with Crippen LogP contribution in [0.2, 0.25) is 0 Å². The fourth-order valence-corrected chi connectivity index (χ4v) is 3.85. The van der Waals surface area contributed by atoms with Crippen molar-refractivity contribution in [3.05, 3.63) is 40.3 Å². The first kappa shape index (κ1) is 20.4. The van der Waals surface area contributed by atoms with Crippen molar-refractivity contribution in [2.45, 2.75) is 6.42 Å². The lowest BCUT2D eigenvalue weighted by molar-refractivity contribution is 0.0445. The number of nitrogens with one attached hydrogen (secondary N) is 1. The number of aromatic nitrogens is 2. The first-order valence-electron chi connectivity index (χ1n) is 9.58. The van der Waals surface area contributed by atoms with E-state index in [0.717, 1.165) is 19.5 Å². The molecule has 8 nitrogen and oxygen atoms in total. The quantitative estimate of drug-likeness (QED) is 0.720. The Hall–Kier alpha value is -2.29. The van der Waals surface area contributed by atoms with Gasteiger partial charge in [-0.2, -0.15) is 0 Å². The maximum absolute atomic E-state index is 13.1. The van der Waals surface area contributed by atoms with E-state index in [1.165, 1.54) is 0 Å². The fraction of sp³-hybridized carbons (Fsp3) is 0.550. The van der Waals surface area contributed by atoms with Gasteiger partial charge in [0.25, 0.3) is 11.5 Å². The van der Waals surface area contributed by atoms with E-state index in [2.05, 4.69) is 14.9 Å². The predicted molar refractivity (Wildman–Crippen MR) is 106 cm³/mol. The van der Waals surface area contributed by atoms with Gasteiger partial charge in [-0.05, 0) is 37.4 Å². The molecule has 0 aliphatic carbocycles. The van der Waals surface area contributed by atoms with Crippen molar-refractivity contribution in [2.75, 3.05) is 53.6 Å². The molecule has 1 amide bonds. The number of H-pyrrole nitrogens is 1. The molecule has 8 heteroatoms. The van der Waals surface area contributed by atoms with Crippen LogP contribution in [0, 0.1) is 11.8 Å². The third-order valence-electron chi connectivity index (χ3n) is 5.22. The van der Waals surface area contributed by atoms with Gasteiger partial charge in [0, 0.05) is 39.9 Å². The predicted octanol–water partition coefficient (Wildman–Crippen LogP) is 0.572. The molecule has 28 heavy (non-hydrogen) atoms. The Morgan fingerprint density at radius 1 is 1.36 bits per heavy atom. The van der Waals surface area contributed by atoms with Gasteiger partial charge in [0.1, 0.15) is 0 Å². The first-order chi connectivity index (χ1) is 13.5. The van der Waals surface area contributed by atoms with Crippen molar-refractivity contribution in [1.29, 1.82) is 0 Å². The van der Waals surface area contributed by atoms with Crippen molar-refractivity contribution in [3.63, 3.8) is 0 Å². The van der Waals surface area contributed by atoms with E-state index < -0.39 is 5.56 Å². The molecule has 0 radical (unpaired) electrons. The van der Waals surface area contributed by atoms with Gasteiger partial charge < -0.3 is 24.6 Å². The lowest BCUT2D eigenvalue weighted by Crippen LogP contribution is -2.49. The average molecular weight is 388 g/mol. The van der Waals surface area contributed by atoms with Crippen LogP contribution in [-0.2, 0) is 4.74 Å². The summed E-state index contributed by atoms with van der Waals surface area (Å²) in [6.07, 6.45) is 0.846. The third kappa shape index (κ3) is 4.76. The molecule has 0 bridgehead atoms. The average Bonchev–Trinajstić information content (AvgIpc) is 2.70. The van der Waals surface area contributed by atoms with Crippen LogP contribution < -0.4 is 5.56 Å². The number of para-hydroxylation sites is 2. The third-order valence-corrected chi connectivity index (χ3v) is 5.22. The van der Waals surface area contributed by atoms with E-state index in [1.54, 1.807) is 24.1 Å². The number of amides is 1. The topological polar surface area (TPSA) is 98.8 Å². The maximum Gasteiger partial charge on any atom is 0.280 e. The molecule has 2 atom stereocenters. The Morgan fingerprint density at radius 3 is 2.86 bits per heavy atom. The molecule has 1 aromatic carbocycles. The summed E-state index contributed by atoms with van der Waals surface area (Å²) in [6.45, 7) is 3.24. The Balaban J connectivity index is 1.78. The Bertz CT molecular complexity index is 869. The van der Waals surface area contributed by atoms with Crippen LogP contribution in [0.4, 0.5) is 0 Å². The standard InChI is InChI=1S/C20H28N4O4/c1-23(7-8-28-2)10-14-9-15(13-25)12-24(11-14)20(27)18-19(26)22-17-6-4-3-5-16(17)21-18/h3-6,14-15,25H,7-13H2,1-2H3,(H,22,26)/t14-,15+/m1/s1. The number of aliphatic hydroxyl groups excluding tert-OH is 1. The van der Waals surface area contributed by atoms with Crippen LogP contribution >= 0.6 is 0 Å². The maximum atomic E-state index is 13.1. The highest BCUT2D eigenvalue weighted by atomic mass is 16.5. The van der Waals surface area contributed by atoms with Crippen LogP contribution in [0.3, 0.4) is 0 Å². The van der Waals surface area contributed by atoms with Gasteiger partial charge in [0.05, 0.1) is 17.6 Å². The number of carbonyl (C=O) groups excluding carboxylic acids is 1. The highest BCUT2D eigenvalue weighted by Gasteiger charge is 2.32. The lowest BCUT2D eigenvalue weighted by Gasteiger charge is -2.38. The molecular formula is C20H28N4O4. The van der Waals surface area contributed by atoms with Crippen molar-refractivity contribution in [2.24, 2.45) is 11.8 Å². The molecule has 1 aromatic heterocycles. The second kappa shape index (κ2) is 9.27. The Kier molecular flexibility index (Phi) is 6.77. The minimum absolute atomic E-state index is 0.00179. The number of piperidine rings is 1. The molecule has 2 heterocycles. The molecule has 1 saturated heterocycles. The number of nitrogens with zero attached hydrogens (tertiary/aromatic N) is 3. The summed E-state index contributed by atoms with van der Waals surface area (Å²) < 4.78 is 5.12. The zero-order chi connectivity index (χ0) is 20.1. The molecule has 152 valence electrons. The number of hydrogen-bond donors (Lipinski definition) is 2. The molecule has 2 N–H and O–H groups in total. The van der Waals surface area contributed by atoms with Gasteiger partial charge in [-0.25, -0.2) is 4.98 Å². The number of fused-ring (bicyclic) bond motifs is 1. The zero-order valence-electron chi connectivity index (χ0n) is 16.4. The highest BCUT2D eigenvalue weighted by molar-refractivity contribution is 5.93. The highest BCUT2D eigenvalue weighted by Crippen LogP contribution is 2.23. The van der Waals surface area contributed by atoms with E-state index in [-0.39, 0.29) is 30.0 Å². The summed E-state index contributed by atoms with van der Waals surface area (Å²) in [4.78, 5) is 36.3. The number of aliphatic hydroxyl groups is 1. The summed E-state index contributed by atoms with van der Waals surface area (Å²) in [7, 11) is 3.69. The van der Waals surface area contributed by atoms with E-state index in [4.69, 9.17) is 4.74 Å². The van der Waals surface area contributed by atoms with Crippen LogP contribution in [0.1, 0.15) is 16.9 Å². The molecule has 0 unspecified atom stereocenters. The van der Waals surface area contributed by atoms with E-state index >= 15 is 0 Å². The molecule has 1 aliphatic heterocycles. The molecule has 3 rings (SSSR count). The van der Waals surface area contributed by atoms with Crippen molar-refractivity contribution in [3.8, 4) is 0 Å². The number of ether oxygens (including phenoxy) is 1. The van der Waals surface area contributed by atoms with Crippen molar-refractivity contribution >= 4 is 16.9 Å². The van der Waals surface area contributed by atoms with Gasteiger partial charge in [-0.1, -0.05) is 12.1 Å². The van der Waals surface area contributed by atoms with Crippen molar-refractivity contribution < 1.29 is 14.6 Å². The van der Waals surface area contributed by atoms with Crippen LogP contribution in [-0.4, -0.2) is 84.3 Å². The molecule has 1 fully saturated rings. The number of benzene rings is 1. The van der Waals surface area contributed by atoms with Gasteiger partial charge in [-0.15, -0.1) is 0 Å². The van der Waals surface area contributed by atoms with E-state index in [1.807, 2.05) is 19.2 Å². The van der Waals surface area contributed by atoms with Crippen LogP contribution in [0.25, 0.3) is 11.0 Å². The number of likely N-dealkylation sites (N-methyl/N-ethyl adjacent to an activating group) is 1. The van der Waals surface area contributed by atoms with E-state index in [0.29, 0.717) is 30.7 Å². The summed E-state index contributed by atoms with van der Waals surface area (Å²) in [6, 6.07) is 7.15. The van der Waals surface area contributed by atoms with Gasteiger partial charge in [0.15, 0.2) is 5.69 Å². The summed E-state index contributed by atoms with van der Waals surface area (Å²) in [5.41, 5.74) is 0.609. The smallest absolute Gasteiger partial charge is 0.280 e. The fourth-order valence-electron chi connectivity index (χ4n) is 3.85. The Morgan fingerprint density at radius 2 is 2.11 bits per heavy atom. The normalized spacial score (nSPS) is 20.1. The Labute approximate surface area is 164 Å². The van der Waals surface area contributed by atoms with Gasteiger partial charge in [-0.3, -0.25) is 9.59 Å². The van der Waals surface area contributed by atoms with Gasteiger partial charge in [0.2, 0.25) is 0 Å². The molecule has 1 aliphatic rings. The SMILES string of the molecule is COCCN(C)C[C@H]1C[C@H](CO)CN(C(=O)c2nc3ccccc3[nH]c2=O)C1. The number of aromatic amines is 1. The second-order valence-corrected chi connectivity index (χ2v) is 7.55. The minimum atomic E-state index is -0.483. The number of methoxy groups -OCH3 is 1. The van der Waals surface area contributed by atoms with Crippen LogP contribution in [0.15, 0.2) is 29.1 Å². The zero-order valence-corrected chi connectivity index (χ0v) is 16.4. The second-order valence-electron chi connectivity index (χ2n) is 7.55. The monoisotopic (exact) mass is 388 g/mol. The van der Waals surface area contributed by atoms with Crippen molar-refractivity contribution in [1.82, 2.24) is 19.8 Å². The number of likely N-dealkylation sites (tertiary alicyclic amines) is 1. The largest absolute Gasteiger partial charge is 0.396 e. The van der Waals surface area contributed by atoms with Crippen LogP contribution in [0.5, 0.6) is 0 Å². The number of hydrogen-bond acceptors (Lipinski definition) is 6. The number of rotatable bonds is 7. The van der Waals surface area contributed by atoms with Gasteiger partial charge >= 0.3 is 0 Å². The lowest BCUT2D eigenvalue weighted by atomic mass is 9.89. The summed E-state index contributed by atoms with van der Waals surface area (Å²) >= 11 is 0. The molecule has 0 spiro atoms. The summed E-state index contributed by atoms with van der Waals surface area (Å²) in [5.74, 6) is -0.163. The van der Waals surface area contributed by atoms with E-state index in [9.17, 15) is 14.7 Å². The first-order valence-corrected chi connectivity index (χ1v) is 9.58. The molecule has 2 aromatic rings. The molecule has 0 saturated carbocycles.